The van der Waals surface area contributed by atoms with Gasteiger partial charge in [0.05, 0.1) is 29.0 Å². The number of ether oxygens (including phenoxy) is 1. The Morgan fingerprint density at radius 2 is 2.10 bits per heavy atom. The number of halogens is 1. The lowest BCUT2D eigenvalue weighted by Crippen LogP contribution is -2.32. The minimum atomic E-state index is -1.49. The largest absolute Gasteiger partial charge is 0.458 e. The van der Waals surface area contributed by atoms with Crippen molar-refractivity contribution < 1.29 is 19.0 Å². The summed E-state index contributed by atoms with van der Waals surface area (Å²) < 4.78 is 21.2. The van der Waals surface area contributed by atoms with Gasteiger partial charge in [0.2, 0.25) is 0 Å². The van der Waals surface area contributed by atoms with Crippen LogP contribution < -0.4 is 5.56 Å². The molecule has 0 aliphatic carbocycles. The van der Waals surface area contributed by atoms with Crippen LogP contribution in [-0.2, 0) is 29.1 Å². The molecule has 0 bridgehead atoms. The molecule has 2 aromatic heterocycles. The molecule has 1 atom stereocenters. The lowest BCUT2D eigenvalue weighted by Gasteiger charge is -2.21. The maximum absolute atomic E-state index is 14.6. The van der Waals surface area contributed by atoms with Crippen LogP contribution in [0.5, 0.6) is 0 Å². The molecule has 0 radical (unpaired) electrons. The number of fused-ring (bicyclic) bond motifs is 5. The van der Waals surface area contributed by atoms with Crippen LogP contribution in [0.4, 0.5) is 4.39 Å². The zero-order chi connectivity index (χ0) is 21.3. The number of aliphatic hydroxyl groups is 1. The van der Waals surface area contributed by atoms with Gasteiger partial charge < -0.3 is 14.4 Å². The van der Waals surface area contributed by atoms with Crippen molar-refractivity contribution in [2.24, 2.45) is 0 Å². The van der Waals surface area contributed by atoms with Crippen molar-refractivity contribution in [3.63, 3.8) is 0 Å². The normalized spacial score (nSPS) is 17.0. The third-order valence-corrected chi connectivity index (χ3v) is 6.97. The predicted molar refractivity (Wildman–Crippen MR) is 111 cm³/mol. The van der Waals surface area contributed by atoms with Gasteiger partial charge in [0.1, 0.15) is 12.4 Å². The number of benzene rings is 1. The monoisotopic (exact) mass is 426 g/mol. The number of cyclic esters (lactones) is 1. The summed E-state index contributed by atoms with van der Waals surface area (Å²) in [6, 6.07) is 3.09. The Morgan fingerprint density at radius 1 is 1.33 bits per heavy atom. The molecule has 0 amide bonds. The summed E-state index contributed by atoms with van der Waals surface area (Å²) in [4.78, 5) is 30.2. The average molecular weight is 426 g/mol. The van der Waals surface area contributed by atoms with Crippen molar-refractivity contribution in [2.45, 2.75) is 44.4 Å². The maximum atomic E-state index is 14.6. The van der Waals surface area contributed by atoms with E-state index in [1.165, 1.54) is 17.8 Å². The van der Waals surface area contributed by atoms with Gasteiger partial charge in [-0.15, -0.1) is 11.8 Å². The van der Waals surface area contributed by atoms with E-state index < -0.39 is 12.1 Å². The maximum Gasteiger partial charge on any atom is 0.340 e. The molecule has 6 nitrogen and oxygen atoms in total. The first-order chi connectivity index (χ1) is 14.4. The first-order valence-corrected chi connectivity index (χ1v) is 10.9. The van der Waals surface area contributed by atoms with E-state index in [0.717, 1.165) is 22.1 Å². The minimum Gasteiger partial charge on any atom is -0.458 e. The summed E-state index contributed by atoms with van der Waals surface area (Å²) in [5.41, 5.74) is 4.73. The van der Waals surface area contributed by atoms with Crippen molar-refractivity contribution in [3.8, 4) is 11.4 Å². The lowest BCUT2D eigenvalue weighted by atomic mass is 9.95. The zero-order valence-electron chi connectivity index (χ0n) is 16.7. The van der Waals surface area contributed by atoms with Gasteiger partial charge in [0, 0.05) is 27.5 Å². The molecule has 1 aromatic carbocycles. The average Bonchev–Trinajstić information content (AvgIpc) is 3.08. The van der Waals surface area contributed by atoms with Crippen LogP contribution in [0.3, 0.4) is 0 Å². The van der Waals surface area contributed by atoms with Gasteiger partial charge in [-0.1, -0.05) is 6.92 Å². The van der Waals surface area contributed by atoms with E-state index in [1.54, 1.807) is 10.6 Å². The molecule has 5 rings (SSSR count). The quantitative estimate of drug-likeness (QED) is 0.392. The first kappa shape index (κ1) is 19.3. The molecule has 154 valence electrons. The summed E-state index contributed by atoms with van der Waals surface area (Å²) >= 11 is 1.36. The van der Waals surface area contributed by atoms with Gasteiger partial charge in [-0.05, 0) is 36.8 Å². The van der Waals surface area contributed by atoms with Gasteiger partial charge in [-0.25, -0.2) is 14.2 Å². The highest BCUT2D eigenvalue weighted by Gasteiger charge is 2.34. The first-order valence-electron chi connectivity index (χ1n) is 9.67. The molecule has 30 heavy (non-hydrogen) atoms. The molecule has 0 spiro atoms. The number of aryl methyl sites for hydroxylation is 2. The fourth-order valence-corrected chi connectivity index (χ4v) is 5.34. The standard InChI is InChI=1S/C22H19FN2O4S/c1-4-10-12-7-25-16(5-11-13(21(25)27)8-29-22(28)19(11)26)18(12)24-15-6-14(23)20(30-3)9(2)17(10)15/h5-6,19,26H,4,7-8H2,1-3H3. The number of rotatable bonds is 2. The Bertz CT molecular complexity index is 1330. The second-order valence-electron chi connectivity index (χ2n) is 7.55. The molecular formula is C22H19FN2O4S. The number of carbonyl (C=O) groups excluding carboxylic acids is 1. The molecule has 0 fully saturated rings. The van der Waals surface area contributed by atoms with Gasteiger partial charge >= 0.3 is 5.97 Å². The number of hydrogen-bond acceptors (Lipinski definition) is 6. The highest BCUT2D eigenvalue weighted by atomic mass is 32.2. The van der Waals surface area contributed by atoms with E-state index in [1.807, 2.05) is 20.1 Å². The molecular weight excluding hydrogens is 407 g/mol. The lowest BCUT2D eigenvalue weighted by molar-refractivity contribution is -0.157. The van der Waals surface area contributed by atoms with Crippen LogP contribution in [0, 0.1) is 12.7 Å². The molecule has 4 heterocycles. The van der Waals surface area contributed by atoms with Crippen molar-refractivity contribution in [2.75, 3.05) is 6.26 Å². The number of aliphatic hydroxyl groups excluding tert-OH is 1. The fraction of sp³-hybridized carbons (Fsp3) is 0.318. The Morgan fingerprint density at radius 3 is 2.80 bits per heavy atom. The summed E-state index contributed by atoms with van der Waals surface area (Å²) in [6.07, 6.45) is 1.05. The Balaban J connectivity index is 1.84. The van der Waals surface area contributed by atoms with Gasteiger partial charge in [0.15, 0.2) is 6.10 Å². The van der Waals surface area contributed by atoms with Crippen LogP contribution in [0.15, 0.2) is 21.8 Å². The number of thioether (sulfide) groups is 1. The molecule has 0 saturated heterocycles. The molecule has 3 aromatic rings. The second-order valence-corrected chi connectivity index (χ2v) is 8.36. The highest BCUT2D eigenvalue weighted by Crippen LogP contribution is 2.40. The summed E-state index contributed by atoms with van der Waals surface area (Å²) in [5.74, 6) is -1.09. The van der Waals surface area contributed by atoms with E-state index in [2.05, 4.69) is 0 Å². The summed E-state index contributed by atoms with van der Waals surface area (Å²) in [5, 5.41) is 11.2. The Hall–Kier alpha value is -2.71. The van der Waals surface area contributed by atoms with Crippen LogP contribution in [0.25, 0.3) is 22.3 Å². The summed E-state index contributed by atoms with van der Waals surface area (Å²) in [6.45, 7) is 4.12. The number of esters is 1. The van der Waals surface area contributed by atoms with Gasteiger partial charge in [-0.3, -0.25) is 4.79 Å². The topological polar surface area (TPSA) is 81.4 Å². The number of hydrogen-bond donors (Lipinski definition) is 1. The van der Waals surface area contributed by atoms with Crippen molar-refractivity contribution >= 4 is 28.6 Å². The number of nitrogens with zero attached hydrogens (tertiary/aromatic N) is 2. The van der Waals surface area contributed by atoms with Gasteiger partial charge in [0.25, 0.3) is 5.56 Å². The minimum absolute atomic E-state index is 0.155. The van der Waals surface area contributed by atoms with Crippen LogP contribution in [-0.4, -0.2) is 26.9 Å². The van der Waals surface area contributed by atoms with Crippen molar-refractivity contribution in [1.29, 1.82) is 0 Å². The van der Waals surface area contributed by atoms with Crippen LogP contribution >= 0.6 is 11.8 Å². The van der Waals surface area contributed by atoms with E-state index in [0.29, 0.717) is 34.8 Å². The third-order valence-electron chi connectivity index (χ3n) is 6.06. The smallest absolute Gasteiger partial charge is 0.340 e. The summed E-state index contributed by atoms with van der Waals surface area (Å²) in [7, 11) is 0. The fourth-order valence-electron chi connectivity index (χ4n) is 4.67. The number of pyridine rings is 2. The molecule has 1 unspecified atom stereocenters. The molecule has 2 aliphatic heterocycles. The van der Waals surface area contributed by atoms with Crippen LogP contribution in [0.1, 0.15) is 40.8 Å². The Kier molecular flexibility index (Phi) is 4.27. The number of carbonyl (C=O) groups is 1. The van der Waals surface area contributed by atoms with E-state index in [9.17, 15) is 19.1 Å². The third kappa shape index (κ3) is 2.43. The molecule has 1 N–H and O–H groups in total. The van der Waals surface area contributed by atoms with Crippen molar-refractivity contribution in [3.05, 3.63) is 56.1 Å². The molecule has 2 aliphatic rings. The SMILES string of the molecule is CCc1c2c(nc3cc(F)c(SC)c(C)c13)-c1cc3c(c(=O)n1C2)COC(=O)C3O. The predicted octanol–water partition coefficient (Wildman–Crippen LogP) is 3.25. The molecule has 8 heteroatoms. The van der Waals surface area contributed by atoms with Gasteiger partial charge in [-0.2, -0.15) is 0 Å². The highest BCUT2D eigenvalue weighted by molar-refractivity contribution is 7.98. The van der Waals surface area contributed by atoms with E-state index >= 15 is 0 Å². The van der Waals surface area contributed by atoms with Crippen molar-refractivity contribution in [1.82, 2.24) is 9.55 Å². The van der Waals surface area contributed by atoms with E-state index in [4.69, 9.17) is 9.72 Å². The van der Waals surface area contributed by atoms with Crippen LogP contribution in [0.2, 0.25) is 0 Å². The van der Waals surface area contributed by atoms with E-state index in [-0.39, 0.29) is 29.1 Å². The number of aromatic nitrogens is 2. The molecule has 0 saturated carbocycles. The zero-order valence-corrected chi connectivity index (χ0v) is 17.5. The Labute approximate surface area is 175 Å². The second kappa shape index (κ2) is 6.65.